The number of anilines is 1. The van der Waals surface area contributed by atoms with Gasteiger partial charge in [0.25, 0.3) is 5.91 Å². The number of amides is 1. The van der Waals surface area contributed by atoms with Crippen LogP contribution in [0.25, 0.3) is 11.6 Å². The van der Waals surface area contributed by atoms with Crippen LogP contribution in [0, 0.1) is 13.8 Å². The van der Waals surface area contributed by atoms with E-state index in [-0.39, 0.29) is 11.4 Å². The number of rotatable bonds is 2. The molecule has 5 heteroatoms. The van der Waals surface area contributed by atoms with Gasteiger partial charge >= 0.3 is 0 Å². The van der Waals surface area contributed by atoms with Crippen LogP contribution in [-0.2, 0) is 4.79 Å². The average molecular weight is 418 g/mol. The Morgan fingerprint density at radius 1 is 1.10 bits per heavy atom. The van der Waals surface area contributed by atoms with Gasteiger partial charge in [0, 0.05) is 18.3 Å². The Morgan fingerprint density at radius 3 is 2.60 bits per heavy atom. The highest BCUT2D eigenvalue weighted by molar-refractivity contribution is 8.18. The van der Waals surface area contributed by atoms with Gasteiger partial charge in [-0.05, 0) is 87.4 Å². The Morgan fingerprint density at radius 2 is 1.87 bits per heavy atom. The zero-order valence-corrected chi connectivity index (χ0v) is 19.1. The van der Waals surface area contributed by atoms with Crippen molar-refractivity contribution in [3.8, 4) is 0 Å². The van der Waals surface area contributed by atoms with E-state index in [1.54, 1.807) is 0 Å². The number of nitrogens with one attached hydrogen (secondary N) is 1. The lowest BCUT2D eigenvalue weighted by molar-refractivity contribution is -0.115. The predicted molar refractivity (Wildman–Crippen MR) is 129 cm³/mol. The monoisotopic (exact) mass is 417 g/mol. The molecule has 0 unspecified atom stereocenters. The molecule has 0 aromatic heterocycles. The molecule has 4 rings (SSSR count). The van der Waals surface area contributed by atoms with E-state index in [0.29, 0.717) is 10.1 Å². The summed E-state index contributed by atoms with van der Waals surface area (Å²) < 4.78 is 0. The summed E-state index contributed by atoms with van der Waals surface area (Å²) in [6.45, 7) is 10.7. The minimum Gasteiger partial charge on any atom is -0.366 e. The van der Waals surface area contributed by atoms with Crippen molar-refractivity contribution in [3.05, 3.63) is 69.6 Å². The molecular weight excluding hydrogens is 390 g/mol. The second-order valence-corrected chi connectivity index (χ2v) is 9.62. The third-order valence-corrected chi connectivity index (χ3v) is 6.67. The van der Waals surface area contributed by atoms with Crippen LogP contribution in [-0.4, -0.2) is 23.7 Å². The lowest BCUT2D eigenvalue weighted by Crippen LogP contribution is -2.42. The highest BCUT2D eigenvalue weighted by atomic mass is 32.2. The molecule has 0 atom stereocenters. The van der Waals surface area contributed by atoms with Crippen molar-refractivity contribution in [3.63, 3.8) is 0 Å². The molecule has 0 saturated carbocycles. The summed E-state index contributed by atoms with van der Waals surface area (Å²) in [4.78, 5) is 20.1. The molecule has 0 radical (unpaired) electrons. The number of thioether (sulfide) groups is 1. The Balaban J connectivity index is 1.62. The lowest BCUT2D eigenvalue weighted by Gasteiger charge is -2.40. The molecule has 2 heterocycles. The first-order valence-corrected chi connectivity index (χ1v) is 10.9. The summed E-state index contributed by atoms with van der Waals surface area (Å²) >= 11 is 1.39. The highest BCUT2D eigenvalue weighted by Crippen LogP contribution is 2.39. The van der Waals surface area contributed by atoms with Gasteiger partial charge in [-0.2, -0.15) is 0 Å². The average Bonchev–Trinajstić information content (AvgIpc) is 3.01. The van der Waals surface area contributed by atoms with Gasteiger partial charge < -0.3 is 10.2 Å². The fourth-order valence-corrected chi connectivity index (χ4v) is 4.77. The van der Waals surface area contributed by atoms with Crippen LogP contribution in [0.4, 0.5) is 11.4 Å². The van der Waals surface area contributed by atoms with Crippen LogP contribution in [0.1, 0.15) is 43.0 Å². The number of amidine groups is 1. The van der Waals surface area contributed by atoms with Crippen molar-refractivity contribution in [2.75, 3.05) is 11.9 Å². The molecule has 0 spiro atoms. The van der Waals surface area contributed by atoms with Crippen molar-refractivity contribution >= 4 is 45.9 Å². The van der Waals surface area contributed by atoms with E-state index in [1.165, 1.54) is 34.1 Å². The van der Waals surface area contributed by atoms with Crippen LogP contribution in [0.3, 0.4) is 0 Å². The first-order chi connectivity index (χ1) is 14.1. The molecule has 2 aliphatic heterocycles. The number of aryl methyl sites for hydroxylation is 2. The molecule has 2 aliphatic rings. The summed E-state index contributed by atoms with van der Waals surface area (Å²) in [5.41, 5.74) is 7.85. The number of aliphatic imine (C=N–C) groups is 1. The number of fused-ring (bicyclic) bond motifs is 1. The largest absolute Gasteiger partial charge is 0.366 e. The zero-order valence-electron chi connectivity index (χ0n) is 18.3. The molecule has 30 heavy (non-hydrogen) atoms. The Labute approximate surface area is 182 Å². The SMILES string of the molecule is CC1=CC(C)(C)N(C)c2ccc(/C=C3\SC(=Nc4ccc(C)cc4C)NC3=O)cc21. The Bertz CT molecular complexity index is 1140. The summed E-state index contributed by atoms with van der Waals surface area (Å²) in [5.74, 6) is -0.105. The molecule has 154 valence electrons. The first-order valence-electron chi connectivity index (χ1n) is 10.1. The van der Waals surface area contributed by atoms with E-state index < -0.39 is 0 Å². The smallest absolute Gasteiger partial charge is 0.264 e. The van der Waals surface area contributed by atoms with Crippen molar-refractivity contribution < 1.29 is 4.79 Å². The molecule has 1 amide bonds. The maximum atomic E-state index is 12.5. The maximum absolute atomic E-state index is 12.5. The number of benzene rings is 2. The number of nitrogens with zero attached hydrogens (tertiary/aromatic N) is 2. The Kier molecular flexibility index (Phi) is 5.10. The lowest BCUT2D eigenvalue weighted by atomic mass is 9.88. The zero-order chi connectivity index (χ0) is 21.6. The van der Waals surface area contributed by atoms with E-state index in [0.717, 1.165) is 16.8 Å². The first kappa shape index (κ1) is 20.5. The van der Waals surface area contributed by atoms with Crippen LogP contribution in [0.15, 0.2) is 52.4 Å². The molecular formula is C25H27N3OS. The van der Waals surface area contributed by atoms with Gasteiger partial charge in [-0.15, -0.1) is 0 Å². The van der Waals surface area contributed by atoms with E-state index in [1.807, 2.05) is 25.1 Å². The molecule has 2 aromatic carbocycles. The number of likely N-dealkylation sites (N-methyl/N-ethyl adjacent to an activating group) is 1. The predicted octanol–water partition coefficient (Wildman–Crippen LogP) is 5.83. The maximum Gasteiger partial charge on any atom is 0.264 e. The molecule has 1 N–H and O–H groups in total. The molecule has 0 aliphatic carbocycles. The summed E-state index contributed by atoms with van der Waals surface area (Å²) in [6, 6.07) is 12.5. The van der Waals surface area contributed by atoms with Gasteiger partial charge in [0.15, 0.2) is 5.17 Å². The molecule has 1 saturated heterocycles. The summed E-state index contributed by atoms with van der Waals surface area (Å²) in [7, 11) is 2.12. The second kappa shape index (κ2) is 7.47. The number of carbonyl (C=O) groups is 1. The minimum atomic E-state index is -0.105. The fourth-order valence-electron chi connectivity index (χ4n) is 3.94. The number of hydrogen-bond acceptors (Lipinski definition) is 4. The topological polar surface area (TPSA) is 44.7 Å². The van der Waals surface area contributed by atoms with Crippen LogP contribution < -0.4 is 10.2 Å². The summed E-state index contributed by atoms with van der Waals surface area (Å²) in [6.07, 6.45) is 4.23. The molecule has 0 bridgehead atoms. The van der Waals surface area contributed by atoms with Gasteiger partial charge in [0.1, 0.15) is 0 Å². The summed E-state index contributed by atoms with van der Waals surface area (Å²) in [5, 5.41) is 3.51. The van der Waals surface area contributed by atoms with Gasteiger partial charge in [-0.3, -0.25) is 4.79 Å². The quantitative estimate of drug-likeness (QED) is 0.626. The van der Waals surface area contributed by atoms with Gasteiger partial charge in [-0.25, -0.2) is 4.99 Å². The molecule has 4 nitrogen and oxygen atoms in total. The highest BCUT2D eigenvalue weighted by Gasteiger charge is 2.29. The van der Waals surface area contributed by atoms with Gasteiger partial charge in [-0.1, -0.05) is 29.8 Å². The van der Waals surface area contributed by atoms with Crippen molar-refractivity contribution in [1.82, 2.24) is 5.32 Å². The van der Waals surface area contributed by atoms with E-state index >= 15 is 0 Å². The third kappa shape index (κ3) is 3.82. The number of hydrogen-bond donors (Lipinski definition) is 1. The number of carbonyl (C=O) groups excluding carboxylic acids is 1. The third-order valence-electron chi connectivity index (χ3n) is 5.76. The van der Waals surface area contributed by atoms with Crippen molar-refractivity contribution in [1.29, 1.82) is 0 Å². The minimum absolute atomic E-state index is 0.0161. The van der Waals surface area contributed by atoms with E-state index in [4.69, 9.17) is 0 Å². The molecule has 1 fully saturated rings. The number of allylic oxidation sites excluding steroid dienone is 1. The Hall–Kier alpha value is -2.79. The van der Waals surface area contributed by atoms with Gasteiger partial charge in [0.05, 0.1) is 16.1 Å². The van der Waals surface area contributed by atoms with Crippen LogP contribution >= 0.6 is 11.8 Å². The van der Waals surface area contributed by atoms with Crippen LogP contribution in [0.5, 0.6) is 0 Å². The normalized spacial score (nSPS) is 20.4. The van der Waals surface area contributed by atoms with Crippen molar-refractivity contribution in [2.45, 2.75) is 40.2 Å². The molecule has 2 aromatic rings. The van der Waals surface area contributed by atoms with Crippen LogP contribution in [0.2, 0.25) is 0 Å². The van der Waals surface area contributed by atoms with Crippen molar-refractivity contribution in [2.24, 2.45) is 4.99 Å². The standard InChI is InChI=1S/C25H27N3OS/c1-15-7-9-20(16(2)11-15)26-24-27-23(29)22(30-24)13-18-8-10-21-19(12-18)17(3)14-25(4,5)28(21)6/h7-14H,1-6H3,(H,26,27,29)/b22-13-. The second-order valence-electron chi connectivity index (χ2n) is 8.59. The fraction of sp³-hybridized carbons (Fsp3) is 0.280. The van der Waals surface area contributed by atoms with E-state index in [2.05, 4.69) is 80.3 Å². The van der Waals surface area contributed by atoms with Gasteiger partial charge in [0.2, 0.25) is 0 Å². The van der Waals surface area contributed by atoms with E-state index in [9.17, 15) is 4.79 Å².